The summed E-state index contributed by atoms with van der Waals surface area (Å²) >= 11 is 0. The Hall–Kier alpha value is -1.87. The summed E-state index contributed by atoms with van der Waals surface area (Å²) in [6, 6.07) is 11.0. The molecule has 1 atom stereocenters. The first-order valence-corrected chi connectivity index (χ1v) is 5.00. The van der Waals surface area contributed by atoms with E-state index >= 15 is 0 Å². The zero-order valence-electron chi connectivity index (χ0n) is 8.84. The van der Waals surface area contributed by atoms with E-state index in [1.54, 1.807) is 6.07 Å². The third-order valence-electron chi connectivity index (χ3n) is 2.70. The van der Waals surface area contributed by atoms with Gasteiger partial charge < -0.3 is 10.2 Å². The molecule has 0 bridgehead atoms. The fourth-order valence-electron chi connectivity index (χ4n) is 1.84. The van der Waals surface area contributed by atoms with Crippen molar-refractivity contribution in [1.29, 1.82) is 0 Å². The molecule has 3 nitrogen and oxygen atoms in total. The summed E-state index contributed by atoms with van der Waals surface area (Å²) in [7, 11) is 0. The lowest BCUT2D eigenvalue weighted by molar-refractivity contribution is -0.146. The molecule has 0 fully saturated rings. The van der Waals surface area contributed by atoms with Crippen LogP contribution in [0.3, 0.4) is 0 Å². The molecule has 0 saturated heterocycles. The van der Waals surface area contributed by atoms with Gasteiger partial charge in [-0.25, -0.2) is 4.79 Å². The molecule has 2 rings (SSSR count). The van der Waals surface area contributed by atoms with Crippen LogP contribution in [0.4, 0.5) is 0 Å². The lowest BCUT2D eigenvalue weighted by Crippen LogP contribution is -2.10. The molecule has 0 saturated carbocycles. The first kappa shape index (κ1) is 10.6. The standard InChI is InChI=1S/C13H12O3/c1-8-6-7-11(12(14)13(15)16)10-5-3-2-4-9(8)10/h2-7,12,14H,1H3,(H,15,16). The molecule has 0 aliphatic heterocycles. The average Bonchev–Trinajstić information content (AvgIpc) is 2.29. The van der Waals surface area contributed by atoms with Gasteiger partial charge in [0.1, 0.15) is 0 Å². The highest BCUT2D eigenvalue weighted by atomic mass is 16.4. The Labute approximate surface area is 93.0 Å². The summed E-state index contributed by atoms with van der Waals surface area (Å²) in [5.41, 5.74) is 1.51. The highest BCUT2D eigenvalue weighted by molar-refractivity contribution is 5.92. The van der Waals surface area contributed by atoms with Gasteiger partial charge in [0.15, 0.2) is 6.10 Å². The van der Waals surface area contributed by atoms with Crippen molar-refractivity contribution in [2.75, 3.05) is 0 Å². The van der Waals surface area contributed by atoms with Crippen LogP contribution in [0.1, 0.15) is 17.2 Å². The molecule has 16 heavy (non-hydrogen) atoms. The number of carboxylic acids is 1. The Morgan fingerprint density at radius 1 is 1.12 bits per heavy atom. The maximum absolute atomic E-state index is 10.8. The van der Waals surface area contributed by atoms with Crippen LogP contribution in [-0.2, 0) is 4.79 Å². The van der Waals surface area contributed by atoms with Gasteiger partial charge in [-0.05, 0) is 28.8 Å². The summed E-state index contributed by atoms with van der Waals surface area (Å²) in [5, 5.41) is 20.2. The third-order valence-corrected chi connectivity index (χ3v) is 2.70. The smallest absolute Gasteiger partial charge is 0.337 e. The van der Waals surface area contributed by atoms with Gasteiger partial charge in [-0.1, -0.05) is 36.4 Å². The molecule has 0 radical (unpaired) electrons. The first-order valence-electron chi connectivity index (χ1n) is 5.00. The zero-order chi connectivity index (χ0) is 11.7. The van der Waals surface area contributed by atoms with Gasteiger partial charge in [-0.2, -0.15) is 0 Å². The molecule has 0 heterocycles. The monoisotopic (exact) mass is 216 g/mol. The zero-order valence-corrected chi connectivity index (χ0v) is 8.84. The van der Waals surface area contributed by atoms with Crippen LogP contribution < -0.4 is 0 Å². The van der Waals surface area contributed by atoms with Gasteiger partial charge in [0.2, 0.25) is 0 Å². The molecular formula is C13H12O3. The highest BCUT2D eigenvalue weighted by Gasteiger charge is 2.18. The van der Waals surface area contributed by atoms with Crippen molar-refractivity contribution in [3.63, 3.8) is 0 Å². The predicted molar refractivity (Wildman–Crippen MR) is 61.3 cm³/mol. The number of fused-ring (bicyclic) bond motifs is 1. The number of aliphatic hydroxyl groups excluding tert-OH is 1. The summed E-state index contributed by atoms with van der Waals surface area (Å²) < 4.78 is 0. The molecule has 2 aromatic carbocycles. The lowest BCUT2D eigenvalue weighted by atomic mass is 9.97. The lowest BCUT2D eigenvalue weighted by Gasteiger charge is -2.11. The second kappa shape index (κ2) is 3.94. The molecule has 0 aromatic heterocycles. The fourth-order valence-corrected chi connectivity index (χ4v) is 1.84. The number of aliphatic carboxylic acids is 1. The normalized spacial score (nSPS) is 12.6. The van der Waals surface area contributed by atoms with Crippen LogP contribution in [-0.4, -0.2) is 16.2 Å². The van der Waals surface area contributed by atoms with Crippen molar-refractivity contribution in [3.8, 4) is 0 Å². The first-order chi connectivity index (χ1) is 7.61. The molecule has 82 valence electrons. The van der Waals surface area contributed by atoms with E-state index in [1.165, 1.54) is 0 Å². The van der Waals surface area contributed by atoms with Crippen LogP contribution in [0.15, 0.2) is 36.4 Å². The Bertz CT molecular complexity index is 546. The van der Waals surface area contributed by atoms with Crippen LogP contribution in [0.25, 0.3) is 10.8 Å². The molecule has 3 heteroatoms. The van der Waals surface area contributed by atoms with Crippen molar-refractivity contribution in [2.45, 2.75) is 13.0 Å². The average molecular weight is 216 g/mol. The quantitative estimate of drug-likeness (QED) is 0.809. The van der Waals surface area contributed by atoms with E-state index in [4.69, 9.17) is 5.11 Å². The molecule has 0 aliphatic rings. The Kier molecular flexibility index (Phi) is 2.62. The van der Waals surface area contributed by atoms with Gasteiger partial charge >= 0.3 is 5.97 Å². The molecule has 2 N–H and O–H groups in total. The maximum Gasteiger partial charge on any atom is 0.337 e. The van der Waals surface area contributed by atoms with Crippen molar-refractivity contribution in [1.82, 2.24) is 0 Å². The van der Waals surface area contributed by atoms with Crippen LogP contribution >= 0.6 is 0 Å². The summed E-state index contributed by atoms with van der Waals surface area (Å²) in [5.74, 6) is -1.23. The summed E-state index contributed by atoms with van der Waals surface area (Å²) in [4.78, 5) is 10.8. The minimum absolute atomic E-state index is 0.439. The van der Waals surface area contributed by atoms with E-state index in [-0.39, 0.29) is 0 Å². The van der Waals surface area contributed by atoms with E-state index in [1.807, 2.05) is 37.3 Å². The number of carboxylic acid groups (broad SMARTS) is 1. The van der Waals surface area contributed by atoms with E-state index in [9.17, 15) is 9.90 Å². The molecular weight excluding hydrogens is 204 g/mol. The van der Waals surface area contributed by atoms with Crippen LogP contribution in [0.5, 0.6) is 0 Å². The molecule has 1 unspecified atom stereocenters. The minimum Gasteiger partial charge on any atom is -0.479 e. The van der Waals surface area contributed by atoms with Gasteiger partial charge in [-0.3, -0.25) is 0 Å². The molecule has 0 amide bonds. The predicted octanol–water partition coefficient (Wildman–Crippen LogP) is 2.27. The van der Waals surface area contributed by atoms with Crippen molar-refractivity contribution >= 4 is 16.7 Å². The number of rotatable bonds is 2. The van der Waals surface area contributed by atoms with Gasteiger partial charge in [0.05, 0.1) is 0 Å². The Balaban J connectivity index is 2.72. The van der Waals surface area contributed by atoms with E-state index in [2.05, 4.69) is 0 Å². The van der Waals surface area contributed by atoms with Crippen LogP contribution in [0, 0.1) is 6.92 Å². The molecule has 0 aliphatic carbocycles. The molecule has 0 spiro atoms. The number of hydrogen-bond acceptors (Lipinski definition) is 2. The maximum atomic E-state index is 10.8. The minimum atomic E-state index is -1.47. The van der Waals surface area contributed by atoms with Crippen LogP contribution in [0.2, 0.25) is 0 Å². The topological polar surface area (TPSA) is 57.5 Å². The SMILES string of the molecule is Cc1ccc(C(O)C(=O)O)c2ccccc12. The number of hydrogen-bond donors (Lipinski definition) is 2. The highest BCUT2D eigenvalue weighted by Crippen LogP contribution is 2.26. The second-order valence-corrected chi connectivity index (χ2v) is 3.76. The van der Waals surface area contributed by atoms with E-state index in [0.29, 0.717) is 5.56 Å². The Morgan fingerprint density at radius 2 is 1.75 bits per heavy atom. The fraction of sp³-hybridized carbons (Fsp3) is 0.154. The summed E-state index contributed by atoms with van der Waals surface area (Å²) in [6.07, 6.45) is -1.47. The van der Waals surface area contributed by atoms with Crippen molar-refractivity contribution in [3.05, 3.63) is 47.5 Å². The number of aryl methyl sites for hydroxylation is 1. The van der Waals surface area contributed by atoms with Gasteiger partial charge in [-0.15, -0.1) is 0 Å². The largest absolute Gasteiger partial charge is 0.479 e. The number of carbonyl (C=O) groups is 1. The van der Waals surface area contributed by atoms with Gasteiger partial charge in [0, 0.05) is 0 Å². The number of benzene rings is 2. The Morgan fingerprint density at radius 3 is 2.38 bits per heavy atom. The van der Waals surface area contributed by atoms with Crippen molar-refractivity contribution in [2.24, 2.45) is 0 Å². The third kappa shape index (κ3) is 1.66. The van der Waals surface area contributed by atoms with E-state index in [0.717, 1.165) is 16.3 Å². The summed E-state index contributed by atoms with van der Waals surface area (Å²) in [6.45, 7) is 1.96. The molecule has 2 aromatic rings. The second-order valence-electron chi connectivity index (χ2n) is 3.76. The van der Waals surface area contributed by atoms with Crippen molar-refractivity contribution < 1.29 is 15.0 Å². The number of aliphatic hydroxyl groups is 1. The van der Waals surface area contributed by atoms with E-state index < -0.39 is 12.1 Å². The van der Waals surface area contributed by atoms with Gasteiger partial charge in [0.25, 0.3) is 0 Å².